The Balaban J connectivity index is 2.38. The van der Waals surface area contributed by atoms with E-state index in [4.69, 9.17) is 9.47 Å². The number of rotatable bonds is 4. The van der Waals surface area contributed by atoms with Crippen LogP contribution in [0.1, 0.15) is 17.2 Å². The molecular weight excluding hydrogens is 247 g/mol. The van der Waals surface area contributed by atoms with Crippen molar-refractivity contribution in [2.24, 2.45) is 0 Å². The Kier molecular flexibility index (Phi) is 4.02. The molecule has 0 radical (unpaired) electrons. The standard InChI is InChI=1S/C15H15FO3/c1-18-13-6-4-3-5-11(13)15(17)10-7-8-14(19-2)12(16)9-10/h3-9,15,17H,1-2H3. The van der Waals surface area contributed by atoms with Gasteiger partial charge in [-0.2, -0.15) is 0 Å². The van der Waals surface area contributed by atoms with E-state index in [2.05, 4.69) is 0 Å². The second-order valence-electron chi connectivity index (χ2n) is 4.04. The highest BCUT2D eigenvalue weighted by atomic mass is 19.1. The van der Waals surface area contributed by atoms with Gasteiger partial charge in [-0.15, -0.1) is 0 Å². The van der Waals surface area contributed by atoms with E-state index in [1.807, 2.05) is 6.07 Å². The first-order valence-corrected chi connectivity index (χ1v) is 5.81. The molecule has 0 amide bonds. The van der Waals surface area contributed by atoms with E-state index in [1.54, 1.807) is 24.3 Å². The molecule has 0 bridgehead atoms. The molecule has 3 nitrogen and oxygen atoms in total. The van der Waals surface area contributed by atoms with Gasteiger partial charge in [0.2, 0.25) is 0 Å². The summed E-state index contributed by atoms with van der Waals surface area (Å²) in [7, 11) is 2.93. The predicted molar refractivity (Wildman–Crippen MR) is 70.0 cm³/mol. The largest absolute Gasteiger partial charge is 0.496 e. The fourth-order valence-electron chi connectivity index (χ4n) is 1.92. The van der Waals surface area contributed by atoms with Crippen LogP contribution in [0.5, 0.6) is 11.5 Å². The molecule has 4 heteroatoms. The van der Waals surface area contributed by atoms with Crippen molar-refractivity contribution in [3.63, 3.8) is 0 Å². The first-order valence-electron chi connectivity index (χ1n) is 5.81. The van der Waals surface area contributed by atoms with Crippen LogP contribution in [0.3, 0.4) is 0 Å². The molecule has 2 rings (SSSR count). The maximum atomic E-state index is 13.6. The molecule has 0 aromatic heterocycles. The monoisotopic (exact) mass is 262 g/mol. The minimum absolute atomic E-state index is 0.149. The summed E-state index contributed by atoms with van der Waals surface area (Å²) in [6.45, 7) is 0. The van der Waals surface area contributed by atoms with E-state index in [0.29, 0.717) is 16.9 Å². The zero-order chi connectivity index (χ0) is 13.8. The number of methoxy groups -OCH3 is 2. The number of benzene rings is 2. The smallest absolute Gasteiger partial charge is 0.165 e. The van der Waals surface area contributed by atoms with Gasteiger partial charge in [0.15, 0.2) is 11.6 Å². The van der Waals surface area contributed by atoms with Crippen LogP contribution in [0.2, 0.25) is 0 Å². The molecule has 0 aliphatic carbocycles. The van der Waals surface area contributed by atoms with Gasteiger partial charge < -0.3 is 14.6 Å². The Morgan fingerprint density at radius 2 is 1.68 bits per heavy atom. The molecule has 0 aliphatic heterocycles. The lowest BCUT2D eigenvalue weighted by atomic mass is 10.0. The maximum Gasteiger partial charge on any atom is 0.165 e. The Morgan fingerprint density at radius 3 is 2.32 bits per heavy atom. The van der Waals surface area contributed by atoms with Gasteiger partial charge in [-0.25, -0.2) is 4.39 Å². The lowest BCUT2D eigenvalue weighted by Crippen LogP contribution is -2.03. The molecule has 1 atom stereocenters. The fourth-order valence-corrected chi connectivity index (χ4v) is 1.92. The van der Waals surface area contributed by atoms with Crippen molar-refractivity contribution in [2.45, 2.75) is 6.10 Å². The van der Waals surface area contributed by atoms with E-state index in [9.17, 15) is 9.50 Å². The normalized spacial score (nSPS) is 12.0. The second-order valence-corrected chi connectivity index (χ2v) is 4.04. The first kappa shape index (κ1) is 13.4. The topological polar surface area (TPSA) is 38.7 Å². The van der Waals surface area contributed by atoms with Gasteiger partial charge in [0, 0.05) is 5.56 Å². The average molecular weight is 262 g/mol. The van der Waals surface area contributed by atoms with Gasteiger partial charge in [-0.05, 0) is 23.8 Å². The second kappa shape index (κ2) is 5.71. The lowest BCUT2D eigenvalue weighted by molar-refractivity contribution is 0.214. The number of aliphatic hydroxyl groups excluding tert-OH is 1. The van der Waals surface area contributed by atoms with Crippen LogP contribution in [-0.4, -0.2) is 19.3 Å². The van der Waals surface area contributed by atoms with Crippen molar-refractivity contribution < 1.29 is 19.0 Å². The minimum Gasteiger partial charge on any atom is -0.496 e. The SMILES string of the molecule is COc1ccc(C(O)c2ccccc2OC)cc1F. The van der Waals surface area contributed by atoms with Gasteiger partial charge >= 0.3 is 0 Å². The quantitative estimate of drug-likeness (QED) is 0.920. The third-order valence-electron chi connectivity index (χ3n) is 2.93. The molecule has 19 heavy (non-hydrogen) atoms. The summed E-state index contributed by atoms with van der Waals surface area (Å²) in [6, 6.07) is 11.5. The van der Waals surface area contributed by atoms with Gasteiger partial charge in [-0.1, -0.05) is 24.3 Å². The Labute approximate surface area is 111 Å². The summed E-state index contributed by atoms with van der Waals surface area (Å²) in [5, 5.41) is 10.3. The lowest BCUT2D eigenvalue weighted by Gasteiger charge is -2.15. The van der Waals surface area contributed by atoms with Crippen molar-refractivity contribution >= 4 is 0 Å². The van der Waals surface area contributed by atoms with Crippen LogP contribution in [-0.2, 0) is 0 Å². The zero-order valence-corrected chi connectivity index (χ0v) is 10.8. The molecule has 2 aromatic rings. The number of para-hydroxylation sites is 1. The Bertz CT molecular complexity index is 569. The molecule has 0 saturated carbocycles. The molecule has 0 saturated heterocycles. The maximum absolute atomic E-state index is 13.6. The van der Waals surface area contributed by atoms with Crippen molar-refractivity contribution in [1.29, 1.82) is 0 Å². The molecular formula is C15H15FO3. The van der Waals surface area contributed by atoms with E-state index < -0.39 is 11.9 Å². The summed E-state index contributed by atoms with van der Waals surface area (Å²) in [6.07, 6.45) is -0.948. The first-order chi connectivity index (χ1) is 9.17. The zero-order valence-electron chi connectivity index (χ0n) is 10.8. The summed E-state index contributed by atoms with van der Waals surface area (Å²) in [5.41, 5.74) is 1.04. The number of halogens is 1. The number of hydrogen-bond donors (Lipinski definition) is 1. The fraction of sp³-hybridized carbons (Fsp3) is 0.200. The van der Waals surface area contributed by atoms with E-state index in [0.717, 1.165) is 0 Å². The molecule has 1 unspecified atom stereocenters. The number of hydrogen-bond acceptors (Lipinski definition) is 3. The van der Waals surface area contributed by atoms with Gasteiger partial charge in [0.05, 0.1) is 14.2 Å². The van der Waals surface area contributed by atoms with Crippen LogP contribution in [0, 0.1) is 5.82 Å². The van der Waals surface area contributed by atoms with E-state index in [-0.39, 0.29) is 5.75 Å². The van der Waals surface area contributed by atoms with E-state index in [1.165, 1.54) is 26.4 Å². The number of aliphatic hydroxyl groups is 1. The van der Waals surface area contributed by atoms with Crippen LogP contribution >= 0.6 is 0 Å². The van der Waals surface area contributed by atoms with Crippen molar-refractivity contribution in [3.8, 4) is 11.5 Å². The van der Waals surface area contributed by atoms with Crippen LogP contribution in [0.15, 0.2) is 42.5 Å². The molecule has 0 aliphatic rings. The highest BCUT2D eigenvalue weighted by Gasteiger charge is 2.16. The van der Waals surface area contributed by atoms with Gasteiger partial charge in [0.1, 0.15) is 11.9 Å². The molecule has 0 heterocycles. The third kappa shape index (κ3) is 2.69. The highest BCUT2D eigenvalue weighted by molar-refractivity contribution is 5.41. The number of ether oxygens (including phenoxy) is 2. The Morgan fingerprint density at radius 1 is 1.00 bits per heavy atom. The molecule has 2 aromatic carbocycles. The van der Waals surface area contributed by atoms with Crippen LogP contribution in [0.25, 0.3) is 0 Å². The predicted octanol–water partition coefficient (Wildman–Crippen LogP) is 2.92. The van der Waals surface area contributed by atoms with Crippen molar-refractivity contribution in [2.75, 3.05) is 14.2 Å². The summed E-state index contributed by atoms with van der Waals surface area (Å²) in [5.74, 6) is 0.205. The highest BCUT2D eigenvalue weighted by Crippen LogP contribution is 2.31. The minimum atomic E-state index is -0.948. The van der Waals surface area contributed by atoms with Crippen LogP contribution < -0.4 is 9.47 Å². The molecule has 100 valence electrons. The van der Waals surface area contributed by atoms with Crippen LogP contribution in [0.4, 0.5) is 4.39 Å². The van der Waals surface area contributed by atoms with Crippen molar-refractivity contribution in [3.05, 3.63) is 59.4 Å². The average Bonchev–Trinajstić information content (AvgIpc) is 2.46. The summed E-state index contributed by atoms with van der Waals surface area (Å²) >= 11 is 0. The Hall–Kier alpha value is -2.07. The molecule has 0 spiro atoms. The third-order valence-corrected chi connectivity index (χ3v) is 2.93. The summed E-state index contributed by atoms with van der Waals surface area (Å²) < 4.78 is 23.7. The molecule has 0 fully saturated rings. The summed E-state index contributed by atoms with van der Waals surface area (Å²) in [4.78, 5) is 0. The van der Waals surface area contributed by atoms with Gasteiger partial charge in [0.25, 0.3) is 0 Å². The van der Waals surface area contributed by atoms with Gasteiger partial charge in [-0.3, -0.25) is 0 Å². The molecule has 1 N–H and O–H groups in total. The van der Waals surface area contributed by atoms with E-state index >= 15 is 0 Å². The van der Waals surface area contributed by atoms with Crippen molar-refractivity contribution in [1.82, 2.24) is 0 Å².